The van der Waals surface area contributed by atoms with Gasteiger partial charge in [-0.05, 0) is 6.07 Å². The molecule has 0 saturated carbocycles. The van der Waals surface area contributed by atoms with Gasteiger partial charge in [-0.15, -0.1) is 0 Å². The largest absolute Gasteiger partial charge is 0.386 e. The molecule has 2 N–H and O–H groups in total. The standard InChI is InChI=1S/C18H23FN6O2/c1-20-18(21-10-16(26)14-5-3-4-6-15(14)19)24-7-8-25(17(27)12-24)13-9-22-23(2)11-13/h3-6,9,11,16,26H,7-8,10,12H2,1-2H3,(H,20,21). The predicted molar refractivity (Wildman–Crippen MR) is 99.9 cm³/mol. The van der Waals surface area contributed by atoms with Crippen LogP contribution in [0.4, 0.5) is 10.1 Å². The van der Waals surface area contributed by atoms with E-state index in [9.17, 15) is 14.3 Å². The van der Waals surface area contributed by atoms with Gasteiger partial charge in [-0.1, -0.05) is 18.2 Å². The number of aliphatic imine (C=N–C) groups is 1. The number of carbonyl (C=O) groups is 1. The van der Waals surface area contributed by atoms with Crippen LogP contribution in [0.25, 0.3) is 0 Å². The minimum atomic E-state index is -1.02. The second-order valence-corrected chi connectivity index (χ2v) is 6.30. The number of hydrogen-bond donors (Lipinski definition) is 2. The fourth-order valence-corrected chi connectivity index (χ4v) is 3.05. The van der Waals surface area contributed by atoms with Crippen molar-refractivity contribution in [1.29, 1.82) is 0 Å². The highest BCUT2D eigenvalue weighted by atomic mass is 19.1. The molecule has 1 aliphatic heterocycles. The highest BCUT2D eigenvalue weighted by Gasteiger charge is 2.28. The van der Waals surface area contributed by atoms with E-state index in [2.05, 4.69) is 15.4 Å². The number of amides is 1. The van der Waals surface area contributed by atoms with Crippen LogP contribution in [0.5, 0.6) is 0 Å². The Morgan fingerprint density at radius 3 is 2.81 bits per heavy atom. The van der Waals surface area contributed by atoms with Gasteiger partial charge >= 0.3 is 0 Å². The first-order valence-electron chi connectivity index (χ1n) is 8.66. The first-order chi connectivity index (χ1) is 13.0. The Bertz CT molecular complexity index is 837. The van der Waals surface area contributed by atoms with E-state index in [4.69, 9.17) is 0 Å². The number of aliphatic hydroxyl groups is 1. The van der Waals surface area contributed by atoms with Gasteiger partial charge in [0.2, 0.25) is 5.91 Å². The van der Waals surface area contributed by atoms with Gasteiger partial charge in [0, 0.05) is 45.5 Å². The van der Waals surface area contributed by atoms with Crippen molar-refractivity contribution in [3.05, 3.63) is 48.0 Å². The number of hydrogen-bond acceptors (Lipinski definition) is 4. The SMILES string of the molecule is CN=C(NCC(O)c1ccccc1F)N1CCN(c2cnn(C)c2)C(=O)C1. The molecule has 0 bridgehead atoms. The zero-order valence-electron chi connectivity index (χ0n) is 15.3. The van der Waals surface area contributed by atoms with Gasteiger partial charge in [-0.3, -0.25) is 14.5 Å². The number of guanidine groups is 1. The van der Waals surface area contributed by atoms with E-state index in [1.807, 2.05) is 4.90 Å². The van der Waals surface area contributed by atoms with Crippen molar-refractivity contribution in [2.75, 3.05) is 38.1 Å². The number of nitrogens with zero attached hydrogens (tertiary/aromatic N) is 5. The average molecular weight is 374 g/mol. The van der Waals surface area contributed by atoms with E-state index in [1.54, 1.807) is 54.3 Å². The third kappa shape index (κ3) is 4.25. The summed E-state index contributed by atoms with van der Waals surface area (Å²) < 4.78 is 15.4. The van der Waals surface area contributed by atoms with Crippen LogP contribution in [0.3, 0.4) is 0 Å². The molecule has 1 aromatic carbocycles. The van der Waals surface area contributed by atoms with Gasteiger partial charge in [0.15, 0.2) is 5.96 Å². The van der Waals surface area contributed by atoms with Gasteiger partial charge in [-0.25, -0.2) is 4.39 Å². The van der Waals surface area contributed by atoms with Crippen molar-refractivity contribution in [2.24, 2.45) is 12.0 Å². The lowest BCUT2D eigenvalue weighted by molar-refractivity contribution is -0.120. The molecular formula is C18H23FN6O2. The van der Waals surface area contributed by atoms with Crippen LogP contribution in [0.15, 0.2) is 41.7 Å². The number of aryl methyl sites for hydroxylation is 1. The second kappa shape index (κ2) is 8.17. The highest BCUT2D eigenvalue weighted by molar-refractivity contribution is 5.98. The van der Waals surface area contributed by atoms with Crippen LogP contribution >= 0.6 is 0 Å². The summed E-state index contributed by atoms with van der Waals surface area (Å²) in [5.41, 5.74) is 0.984. The molecule has 0 spiro atoms. The molecular weight excluding hydrogens is 351 g/mol. The quantitative estimate of drug-likeness (QED) is 0.602. The summed E-state index contributed by atoms with van der Waals surface area (Å²) in [6.45, 7) is 1.33. The molecule has 27 heavy (non-hydrogen) atoms. The van der Waals surface area contributed by atoms with Crippen LogP contribution in [-0.2, 0) is 11.8 Å². The molecule has 1 amide bonds. The van der Waals surface area contributed by atoms with Gasteiger partial charge in [0.05, 0.1) is 18.0 Å². The molecule has 3 rings (SSSR count). The lowest BCUT2D eigenvalue weighted by Crippen LogP contribution is -2.55. The Labute approximate surface area is 156 Å². The summed E-state index contributed by atoms with van der Waals surface area (Å²) in [6, 6.07) is 6.10. The lowest BCUT2D eigenvalue weighted by Gasteiger charge is -2.35. The number of halogens is 1. The summed E-state index contributed by atoms with van der Waals surface area (Å²) in [6.07, 6.45) is 2.44. The fraction of sp³-hybridized carbons (Fsp3) is 0.389. The van der Waals surface area contributed by atoms with Crippen molar-refractivity contribution in [3.63, 3.8) is 0 Å². The highest BCUT2D eigenvalue weighted by Crippen LogP contribution is 2.17. The van der Waals surface area contributed by atoms with Crippen molar-refractivity contribution >= 4 is 17.6 Å². The Balaban J connectivity index is 1.59. The van der Waals surface area contributed by atoms with Crippen LogP contribution in [-0.4, -0.2) is 64.9 Å². The van der Waals surface area contributed by atoms with Crippen LogP contribution < -0.4 is 10.2 Å². The molecule has 1 saturated heterocycles. The van der Waals surface area contributed by atoms with Crippen LogP contribution in [0.1, 0.15) is 11.7 Å². The second-order valence-electron chi connectivity index (χ2n) is 6.30. The van der Waals surface area contributed by atoms with E-state index < -0.39 is 11.9 Å². The number of aliphatic hydroxyl groups excluding tert-OH is 1. The Morgan fingerprint density at radius 2 is 2.19 bits per heavy atom. The monoisotopic (exact) mass is 374 g/mol. The number of nitrogens with one attached hydrogen (secondary N) is 1. The molecule has 2 aromatic rings. The maximum absolute atomic E-state index is 13.8. The molecule has 1 unspecified atom stereocenters. The minimum absolute atomic E-state index is 0.0631. The average Bonchev–Trinajstić information content (AvgIpc) is 3.08. The molecule has 2 heterocycles. The number of aromatic nitrogens is 2. The molecule has 144 valence electrons. The predicted octanol–water partition coefficient (Wildman–Crippen LogP) is 0.517. The van der Waals surface area contributed by atoms with E-state index >= 15 is 0 Å². The number of benzene rings is 1. The summed E-state index contributed by atoms with van der Waals surface area (Å²) >= 11 is 0. The number of carbonyl (C=O) groups excluding carboxylic acids is 1. The van der Waals surface area contributed by atoms with Gasteiger partial charge in [0.1, 0.15) is 12.4 Å². The van der Waals surface area contributed by atoms with E-state index in [0.717, 1.165) is 5.69 Å². The van der Waals surface area contributed by atoms with E-state index in [-0.39, 0.29) is 24.6 Å². The molecule has 1 fully saturated rings. The number of rotatable bonds is 4. The molecule has 8 nitrogen and oxygen atoms in total. The van der Waals surface area contributed by atoms with Crippen LogP contribution in [0, 0.1) is 5.82 Å². The third-order valence-electron chi connectivity index (χ3n) is 4.45. The summed E-state index contributed by atoms with van der Waals surface area (Å²) in [5.74, 6) is -0.0292. The summed E-state index contributed by atoms with van der Waals surface area (Å²) in [5, 5.41) is 17.3. The normalized spacial score (nSPS) is 16.6. The van der Waals surface area contributed by atoms with Crippen molar-refractivity contribution in [3.8, 4) is 0 Å². The zero-order valence-corrected chi connectivity index (χ0v) is 15.3. The first kappa shape index (κ1) is 18.8. The Kier molecular flexibility index (Phi) is 5.70. The number of piperazine rings is 1. The smallest absolute Gasteiger partial charge is 0.246 e. The van der Waals surface area contributed by atoms with E-state index in [0.29, 0.717) is 19.0 Å². The molecule has 1 atom stereocenters. The molecule has 9 heteroatoms. The van der Waals surface area contributed by atoms with E-state index in [1.165, 1.54) is 6.07 Å². The third-order valence-corrected chi connectivity index (χ3v) is 4.45. The molecule has 1 aromatic heterocycles. The molecule has 0 aliphatic carbocycles. The summed E-state index contributed by atoms with van der Waals surface area (Å²) in [7, 11) is 3.41. The Morgan fingerprint density at radius 1 is 1.41 bits per heavy atom. The maximum Gasteiger partial charge on any atom is 0.246 e. The fourth-order valence-electron chi connectivity index (χ4n) is 3.05. The first-order valence-corrected chi connectivity index (χ1v) is 8.66. The molecule has 1 aliphatic rings. The van der Waals surface area contributed by atoms with Gasteiger partial charge < -0.3 is 20.2 Å². The van der Waals surface area contributed by atoms with Crippen molar-refractivity contribution < 1.29 is 14.3 Å². The van der Waals surface area contributed by atoms with Gasteiger partial charge in [0.25, 0.3) is 0 Å². The minimum Gasteiger partial charge on any atom is -0.386 e. The van der Waals surface area contributed by atoms with Crippen molar-refractivity contribution in [2.45, 2.75) is 6.10 Å². The molecule has 0 radical (unpaired) electrons. The Hall–Kier alpha value is -2.94. The van der Waals surface area contributed by atoms with Crippen LogP contribution in [0.2, 0.25) is 0 Å². The maximum atomic E-state index is 13.8. The zero-order chi connectivity index (χ0) is 19.4. The lowest BCUT2D eigenvalue weighted by atomic mass is 10.1. The topological polar surface area (TPSA) is 86.0 Å². The van der Waals surface area contributed by atoms with Gasteiger partial charge in [-0.2, -0.15) is 5.10 Å². The number of anilines is 1. The van der Waals surface area contributed by atoms with Crippen molar-refractivity contribution in [1.82, 2.24) is 20.0 Å². The summed E-state index contributed by atoms with van der Waals surface area (Å²) in [4.78, 5) is 20.2.